The molecule has 0 aromatic heterocycles. The lowest BCUT2D eigenvalue weighted by atomic mass is 10.4. The highest BCUT2D eigenvalue weighted by molar-refractivity contribution is 7.96. The van der Waals surface area contributed by atoms with Gasteiger partial charge in [0, 0.05) is 19.1 Å². The lowest BCUT2D eigenvalue weighted by molar-refractivity contribution is -0.000993. The van der Waals surface area contributed by atoms with Gasteiger partial charge in [-0.1, -0.05) is 26.5 Å². The van der Waals surface area contributed by atoms with Crippen molar-refractivity contribution in [3.8, 4) is 0 Å². The maximum absolute atomic E-state index is 10.5. The van der Waals surface area contributed by atoms with Gasteiger partial charge in [-0.25, -0.2) is 0 Å². The van der Waals surface area contributed by atoms with E-state index < -0.39 is 0 Å². The molecule has 0 aliphatic heterocycles. The second-order valence-electron chi connectivity index (χ2n) is 4.79. The van der Waals surface area contributed by atoms with Gasteiger partial charge in [0.25, 0.3) is 5.24 Å². The first kappa shape index (κ1) is 21.6. The predicted octanol–water partition coefficient (Wildman–Crippen LogP) is 0.690. The van der Waals surface area contributed by atoms with Crippen LogP contribution >= 0.6 is 12.6 Å². The Balaban J connectivity index is 2.98. The van der Waals surface area contributed by atoms with Crippen LogP contribution < -0.4 is 10.6 Å². The second-order valence-corrected chi connectivity index (χ2v) is 5.20. The molecule has 1 amide bonds. The Morgan fingerprint density at radius 1 is 0.818 bits per heavy atom. The number of carbonyl (C=O) groups excluding carboxylic acids is 1. The molecule has 0 aliphatic rings. The summed E-state index contributed by atoms with van der Waals surface area (Å²) >= 11 is 3.57. The van der Waals surface area contributed by atoms with Crippen molar-refractivity contribution in [1.82, 2.24) is 10.6 Å². The minimum atomic E-state index is -0.350. The number of thiol groups is 1. The van der Waals surface area contributed by atoms with Crippen LogP contribution in [0.1, 0.15) is 13.8 Å². The highest BCUT2D eigenvalue weighted by Gasteiger charge is 1.94. The van der Waals surface area contributed by atoms with Gasteiger partial charge in [0.05, 0.1) is 52.9 Å². The van der Waals surface area contributed by atoms with Crippen molar-refractivity contribution in [2.45, 2.75) is 19.9 Å². The van der Waals surface area contributed by atoms with Crippen molar-refractivity contribution in [1.29, 1.82) is 0 Å². The largest absolute Gasteiger partial charge is 0.378 e. The normalized spacial score (nSPS) is 11.1. The third-order valence-electron chi connectivity index (χ3n) is 2.44. The van der Waals surface area contributed by atoms with Crippen LogP contribution in [-0.2, 0) is 18.9 Å². The van der Waals surface area contributed by atoms with E-state index >= 15 is 0 Å². The summed E-state index contributed by atoms with van der Waals surface area (Å²) in [7, 11) is 0. The molecule has 0 saturated carbocycles. The molecule has 7 nitrogen and oxygen atoms in total. The van der Waals surface area contributed by atoms with Gasteiger partial charge in [0.15, 0.2) is 0 Å². The average Bonchev–Trinajstić information content (AvgIpc) is 2.46. The Kier molecular flexibility index (Phi) is 16.7. The summed E-state index contributed by atoms with van der Waals surface area (Å²) < 4.78 is 21.3. The summed E-state index contributed by atoms with van der Waals surface area (Å²) in [4.78, 5) is 10.5. The molecule has 0 heterocycles. The van der Waals surface area contributed by atoms with Gasteiger partial charge in [-0.2, -0.15) is 0 Å². The SMILES string of the molecule is CC(C)NCCOCCOCCOCCOCCNC(=O)S. The van der Waals surface area contributed by atoms with Crippen LogP contribution in [0.15, 0.2) is 0 Å². The first-order chi connectivity index (χ1) is 10.6. The maximum atomic E-state index is 10.5. The molecule has 0 spiro atoms. The zero-order chi connectivity index (χ0) is 16.5. The summed E-state index contributed by atoms with van der Waals surface area (Å²) in [5.41, 5.74) is 0. The monoisotopic (exact) mass is 338 g/mol. The fourth-order valence-electron chi connectivity index (χ4n) is 1.41. The van der Waals surface area contributed by atoms with E-state index in [9.17, 15) is 4.79 Å². The third kappa shape index (κ3) is 19.6. The van der Waals surface area contributed by atoms with Crippen LogP contribution in [0.2, 0.25) is 0 Å². The van der Waals surface area contributed by atoms with Crippen molar-refractivity contribution < 1.29 is 23.7 Å². The van der Waals surface area contributed by atoms with E-state index in [0.717, 1.165) is 6.54 Å². The summed E-state index contributed by atoms with van der Waals surface area (Å²) in [5, 5.41) is 5.44. The first-order valence-corrected chi connectivity index (χ1v) is 8.08. The van der Waals surface area contributed by atoms with Crippen molar-refractivity contribution in [3.63, 3.8) is 0 Å². The van der Waals surface area contributed by atoms with Gasteiger partial charge < -0.3 is 29.6 Å². The van der Waals surface area contributed by atoms with Crippen molar-refractivity contribution in [2.75, 3.05) is 65.9 Å². The molecule has 0 fully saturated rings. The molecular formula is C14H30N2O5S. The van der Waals surface area contributed by atoms with Crippen LogP contribution in [-0.4, -0.2) is 77.2 Å². The van der Waals surface area contributed by atoms with Crippen LogP contribution in [0.4, 0.5) is 4.79 Å². The van der Waals surface area contributed by atoms with Gasteiger partial charge in [-0.3, -0.25) is 4.79 Å². The summed E-state index contributed by atoms with van der Waals surface area (Å²) in [6.07, 6.45) is 0. The van der Waals surface area contributed by atoms with Crippen LogP contribution in [0, 0.1) is 0 Å². The van der Waals surface area contributed by atoms with E-state index in [1.165, 1.54) is 0 Å². The third-order valence-corrected chi connectivity index (χ3v) is 2.60. The molecule has 22 heavy (non-hydrogen) atoms. The highest BCUT2D eigenvalue weighted by atomic mass is 32.1. The number of nitrogens with one attached hydrogen (secondary N) is 2. The van der Waals surface area contributed by atoms with Crippen molar-refractivity contribution >= 4 is 17.9 Å². The van der Waals surface area contributed by atoms with E-state index in [4.69, 9.17) is 18.9 Å². The van der Waals surface area contributed by atoms with E-state index in [-0.39, 0.29) is 5.24 Å². The van der Waals surface area contributed by atoms with E-state index in [1.807, 2.05) is 0 Å². The van der Waals surface area contributed by atoms with Crippen molar-refractivity contribution in [3.05, 3.63) is 0 Å². The van der Waals surface area contributed by atoms with E-state index in [0.29, 0.717) is 65.4 Å². The molecule has 0 aromatic carbocycles. The lowest BCUT2D eigenvalue weighted by Gasteiger charge is -2.09. The van der Waals surface area contributed by atoms with Gasteiger partial charge in [0.1, 0.15) is 0 Å². The topological polar surface area (TPSA) is 78.1 Å². The number of hydrogen-bond acceptors (Lipinski definition) is 6. The van der Waals surface area contributed by atoms with Crippen LogP contribution in [0.25, 0.3) is 0 Å². The van der Waals surface area contributed by atoms with Gasteiger partial charge >= 0.3 is 0 Å². The molecule has 0 saturated heterocycles. The number of ether oxygens (including phenoxy) is 4. The van der Waals surface area contributed by atoms with E-state index in [1.54, 1.807) is 0 Å². The van der Waals surface area contributed by atoms with Gasteiger partial charge in [-0.05, 0) is 0 Å². The standard InChI is InChI=1S/C14H30N2O5S/c1-13(2)15-3-5-18-7-9-20-11-12-21-10-8-19-6-4-16-14(17)22/h13,15H,3-12H2,1-2H3,(H2,16,17,22). The van der Waals surface area contributed by atoms with Gasteiger partial charge in [-0.15, -0.1) is 0 Å². The van der Waals surface area contributed by atoms with Crippen LogP contribution in [0.3, 0.4) is 0 Å². The molecule has 0 bridgehead atoms. The molecule has 0 atom stereocenters. The minimum Gasteiger partial charge on any atom is -0.378 e. The van der Waals surface area contributed by atoms with Crippen LogP contribution in [0.5, 0.6) is 0 Å². The number of rotatable bonds is 16. The molecule has 0 aromatic rings. The Hall–Kier alpha value is -0.380. The first-order valence-electron chi connectivity index (χ1n) is 7.64. The average molecular weight is 338 g/mol. The summed E-state index contributed by atoms with van der Waals surface area (Å²) in [6, 6.07) is 0.489. The maximum Gasteiger partial charge on any atom is 0.276 e. The second kappa shape index (κ2) is 17.0. The molecule has 0 rings (SSSR count). The minimum absolute atomic E-state index is 0.350. The zero-order valence-corrected chi connectivity index (χ0v) is 14.5. The number of hydrogen-bond donors (Lipinski definition) is 3. The Bertz CT molecular complexity index is 257. The zero-order valence-electron chi connectivity index (χ0n) is 13.6. The summed E-state index contributed by atoms with van der Waals surface area (Å²) in [5.74, 6) is 0. The molecule has 2 N–H and O–H groups in total. The Morgan fingerprint density at radius 2 is 1.23 bits per heavy atom. The summed E-state index contributed by atoms with van der Waals surface area (Å²) in [6.45, 7) is 9.93. The fraction of sp³-hybridized carbons (Fsp3) is 0.929. The lowest BCUT2D eigenvalue weighted by Crippen LogP contribution is -2.27. The molecule has 0 aliphatic carbocycles. The fourth-order valence-corrected chi connectivity index (χ4v) is 1.52. The molecule has 0 unspecified atom stereocenters. The highest BCUT2D eigenvalue weighted by Crippen LogP contribution is 1.83. The molecule has 0 radical (unpaired) electrons. The Morgan fingerprint density at radius 3 is 1.64 bits per heavy atom. The van der Waals surface area contributed by atoms with Crippen molar-refractivity contribution in [2.24, 2.45) is 0 Å². The number of carbonyl (C=O) groups is 1. The molecule has 8 heteroatoms. The van der Waals surface area contributed by atoms with Gasteiger partial charge in [0.2, 0.25) is 0 Å². The predicted molar refractivity (Wildman–Crippen MR) is 88.8 cm³/mol. The quantitative estimate of drug-likeness (QED) is 0.284. The smallest absolute Gasteiger partial charge is 0.276 e. The number of amides is 1. The molecular weight excluding hydrogens is 308 g/mol. The van der Waals surface area contributed by atoms with E-state index in [2.05, 4.69) is 37.1 Å². The molecule has 132 valence electrons. The Labute approximate surface area is 138 Å².